The summed E-state index contributed by atoms with van der Waals surface area (Å²) in [5.74, 6) is -0.857. The molecule has 0 rings (SSSR count). The molecule has 0 aliphatic carbocycles. The van der Waals surface area contributed by atoms with Crippen LogP contribution in [0.1, 0.15) is 367 Å². The average Bonchev–Trinajstić information content (AvgIpc) is 3.41. The lowest BCUT2D eigenvalue weighted by atomic mass is 10.0. The van der Waals surface area contributed by atoms with Crippen LogP contribution in [0.15, 0.2) is 36.5 Å². The standard InChI is InChI=1S/C69H128O6/c1-4-7-10-13-16-19-22-24-26-28-30-31-32-33-34-35-36-37-38-39-40-42-43-45-47-50-53-56-59-62-68(71)74-65-66(64-73-67(70)61-58-55-52-49-21-18-15-12-9-6-3)75-69(72)63-60-57-54-51-48-46-44-41-29-27-25-23-20-17-14-11-8-5-2/h20,23,27-30,66H,4-19,21-22,24-26,31-65H2,1-3H3/b23-20-,29-27-,30-28-. The van der Waals surface area contributed by atoms with Crippen molar-refractivity contribution < 1.29 is 28.6 Å². The Morgan fingerprint density at radius 2 is 0.480 bits per heavy atom. The number of unbranched alkanes of at least 4 members (excludes halogenated alkanes) is 45. The second kappa shape index (κ2) is 64.2. The highest BCUT2D eigenvalue weighted by molar-refractivity contribution is 5.71. The Morgan fingerprint density at radius 1 is 0.267 bits per heavy atom. The summed E-state index contributed by atoms with van der Waals surface area (Å²) in [5, 5.41) is 0. The first-order chi connectivity index (χ1) is 37.0. The Labute approximate surface area is 467 Å². The smallest absolute Gasteiger partial charge is 0.306 e. The van der Waals surface area contributed by atoms with Crippen LogP contribution >= 0.6 is 0 Å². The first-order valence-electron chi connectivity index (χ1n) is 33.5. The Balaban J connectivity index is 4.13. The van der Waals surface area contributed by atoms with Crippen LogP contribution in [0.3, 0.4) is 0 Å². The summed E-state index contributed by atoms with van der Waals surface area (Å²) in [5.41, 5.74) is 0. The van der Waals surface area contributed by atoms with Crippen molar-refractivity contribution in [1.29, 1.82) is 0 Å². The molecule has 0 aliphatic rings. The summed E-state index contributed by atoms with van der Waals surface area (Å²) < 4.78 is 16.9. The number of hydrogen-bond acceptors (Lipinski definition) is 6. The predicted octanol–water partition coefficient (Wildman–Crippen LogP) is 22.8. The van der Waals surface area contributed by atoms with Crippen LogP contribution in [0.4, 0.5) is 0 Å². The van der Waals surface area contributed by atoms with Gasteiger partial charge in [0.05, 0.1) is 0 Å². The molecule has 1 unspecified atom stereocenters. The molecule has 440 valence electrons. The molecule has 0 amide bonds. The molecule has 1 atom stereocenters. The summed E-state index contributed by atoms with van der Waals surface area (Å²) in [6.45, 7) is 6.66. The minimum absolute atomic E-state index is 0.0706. The van der Waals surface area contributed by atoms with Gasteiger partial charge in [0.25, 0.3) is 0 Å². The van der Waals surface area contributed by atoms with Crippen molar-refractivity contribution in [2.45, 2.75) is 374 Å². The van der Waals surface area contributed by atoms with Crippen molar-refractivity contribution >= 4 is 17.9 Å². The molecule has 0 aromatic heterocycles. The van der Waals surface area contributed by atoms with E-state index in [0.717, 1.165) is 70.6 Å². The second-order valence-electron chi connectivity index (χ2n) is 22.7. The molecule has 0 aromatic rings. The van der Waals surface area contributed by atoms with E-state index in [9.17, 15) is 14.4 Å². The highest BCUT2D eigenvalue weighted by Crippen LogP contribution is 2.18. The molecule has 0 bridgehead atoms. The summed E-state index contributed by atoms with van der Waals surface area (Å²) >= 11 is 0. The number of ether oxygens (including phenoxy) is 3. The van der Waals surface area contributed by atoms with Gasteiger partial charge in [-0.05, 0) is 77.0 Å². The molecule has 0 aromatic carbocycles. The number of carbonyl (C=O) groups is 3. The Kier molecular flexibility index (Phi) is 62.1. The van der Waals surface area contributed by atoms with Gasteiger partial charge in [0.2, 0.25) is 0 Å². The van der Waals surface area contributed by atoms with E-state index in [-0.39, 0.29) is 31.1 Å². The minimum atomic E-state index is -0.773. The van der Waals surface area contributed by atoms with Gasteiger partial charge < -0.3 is 14.2 Å². The molecular weight excluding hydrogens is 925 g/mol. The van der Waals surface area contributed by atoms with Gasteiger partial charge in [0.1, 0.15) is 13.2 Å². The Morgan fingerprint density at radius 3 is 0.760 bits per heavy atom. The molecule has 0 aliphatic heterocycles. The first kappa shape index (κ1) is 72.6. The Bertz CT molecular complexity index is 1250. The van der Waals surface area contributed by atoms with E-state index in [4.69, 9.17) is 14.2 Å². The van der Waals surface area contributed by atoms with Crippen molar-refractivity contribution in [3.05, 3.63) is 36.5 Å². The van der Waals surface area contributed by atoms with Crippen LogP contribution < -0.4 is 0 Å². The minimum Gasteiger partial charge on any atom is -0.462 e. The second-order valence-corrected chi connectivity index (χ2v) is 22.7. The van der Waals surface area contributed by atoms with E-state index in [1.54, 1.807) is 0 Å². The highest BCUT2D eigenvalue weighted by atomic mass is 16.6. The van der Waals surface area contributed by atoms with E-state index in [1.807, 2.05) is 0 Å². The van der Waals surface area contributed by atoms with E-state index in [0.29, 0.717) is 19.3 Å². The van der Waals surface area contributed by atoms with Crippen LogP contribution in [0, 0.1) is 0 Å². The zero-order valence-corrected chi connectivity index (χ0v) is 50.6. The molecule has 0 fully saturated rings. The Hall–Kier alpha value is -2.37. The number of hydrogen-bond donors (Lipinski definition) is 0. The zero-order chi connectivity index (χ0) is 54.3. The number of esters is 3. The van der Waals surface area contributed by atoms with Crippen LogP contribution in [-0.2, 0) is 28.6 Å². The number of allylic oxidation sites excluding steroid dienone is 6. The zero-order valence-electron chi connectivity index (χ0n) is 50.6. The lowest BCUT2D eigenvalue weighted by molar-refractivity contribution is -0.167. The fraction of sp³-hybridized carbons (Fsp3) is 0.870. The molecule has 0 saturated carbocycles. The number of rotatable bonds is 62. The van der Waals surface area contributed by atoms with Gasteiger partial charge >= 0.3 is 17.9 Å². The number of carbonyl (C=O) groups excluding carboxylic acids is 3. The van der Waals surface area contributed by atoms with E-state index in [1.165, 1.54) is 257 Å². The third-order valence-corrected chi connectivity index (χ3v) is 15.1. The molecule has 6 heteroatoms. The third-order valence-electron chi connectivity index (χ3n) is 15.1. The van der Waals surface area contributed by atoms with Crippen molar-refractivity contribution in [2.75, 3.05) is 13.2 Å². The maximum absolute atomic E-state index is 12.9. The average molecular weight is 1050 g/mol. The fourth-order valence-corrected chi connectivity index (χ4v) is 10.1. The van der Waals surface area contributed by atoms with Gasteiger partial charge in [0.15, 0.2) is 6.10 Å². The maximum Gasteiger partial charge on any atom is 0.306 e. The maximum atomic E-state index is 12.9. The lowest BCUT2D eigenvalue weighted by Gasteiger charge is -2.18. The molecule has 0 heterocycles. The normalized spacial score (nSPS) is 12.2. The predicted molar refractivity (Wildman–Crippen MR) is 326 cm³/mol. The van der Waals surface area contributed by atoms with Crippen LogP contribution in [0.25, 0.3) is 0 Å². The topological polar surface area (TPSA) is 78.9 Å². The SMILES string of the molecule is CCCCCC/C=C\C/C=C\CCCCCCCCCC(=O)OC(COC(=O)CCCCCCCCCCCC)COC(=O)CCCCCCCCCCCCCCCCCCC/C=C\CCCCCCCCCC. The molecular formula is C69H128O6. The molecule has 0 N–H and O–H groups in total. The van der Waals surface area contributed by atoms with Gasteiger partial charge in [-0.25, -0.2) is 0 Å². The van der Waals surface area contributed by atoms with Gasteiger partial charge in [-0.3, -0.25) is 14.4 Å². The summed E-state index contributed by atoms with van der Waals surface area (Å²) in [4.78, 5) is 38.2. The summed E-state index contributed by atoms with van der Waals surface area (Å²) in [7, 11) is 0. The van der Waals surface area contributed by atoms with E-state index >= 15 is 0 Å². The monoisotopic (exact) mass is 1050 g/mol. The summed E-state index contributed by atoms with van der Waals surface area (Å²) in [6.07, 6.45) is 78.9. The fourth-order valence-electron chi connectivity index (χ4n) is 10.1. The quantitative estimate of drug-likeness (QED) is 0.0261. The van der Waals surface area contributed by atoms with Crippen LogP contribution in [-0.4, -0.2) is 37.2 Å². The molecule has 6 nitrogen and oxygen atoms in total. The molecule has 0 spiro atoms. The van der Waals surface area contributed by atoms with Gasteiger partial charge in [-0.15, -0.1) is 0 Å². The van der Waals surface area contributed by atoms with E-state index < -0.39 is 6.10 Å². The molecule has 75 heavy (non-hydrogen) atoms. The third kappa shape index (κ3) is 62.4. The van der Waals surface area contributed by atoms with Gasteiger partial charge in [-0.2, -0.15) is 0 Å². The van der Waals surface area contributed by atoms with Crippen molar-refractivity contribution in [1.82, 2.24) is 0 Å². The molecule has 0 radical (unpaired) electrons. The molecule has 0 saturated heterocycles. The van der Waals surface area contributed by atoms with Gasteiger partial charge in [-0.1, -0.05) is 308 Å². The van der Waals surface area contributed by atoms with Crippen molar-refractivity contribution in [2.24, 2.45) is 0 Å². The van der Waals surface area contributed by atoms with Crippen LogP contribution in [0.5, 0.6) is 0 Å². The van der Waals surface area contributed by atoms with Gasteiger partial charge in [0, 0.05) is 19.3 Å². The van der Waals surface area contributed by atoms with Crippen molar-refractivity contribution in [3.8, 4) is 0 Å². The van der Waals surface area contributed by atoms with Crippen molar-refractivity contribution in [3.63, 3.8) is 0 Å². The first-order valence-corrected chi connectivity index (χ1v) is 33.5. The lowest BCUT2D eigenvalue weighted by Crippen LogP contribution is -2.30. The highest BCUT2D eigenvalue weighted by Gasteiger charge is 2.19. The largest absolute Gasteiger partial charge is 0.462 e. The summed E-state index contributed by atoms with van der Waals surface area (Å²) in [6, 6.07) is 0. The van der Waals surface area contributed by atoms with E-state index in [2.05, 4.69) is 57.2 Å². The van der Waals surface area contributed by atoms with Crippen LogP contribution in [0.2, 0.25) is 0 Å².